The minimum Gasteiger partial charge on any atom is -0.496 e. The van der Waals surface area contributed by atoms with Gasteiger partial charge in [-0.25, -0.2) is 0 Å². The highest BCUT2D eigenvalue weighted by Gasteiger charge is 2.15. The van der Waals surface area contributed by atoms with Crippen LogP contribution in [0.15, 0.2) is 30.5 Å². The molecule has 3 nitrogen and oxygen atoms in total. The molecule has 0 fully saturated rings. The average Bonchev–Trinajstić information content (AvgIpc) is 2.45. The minimum absolute atomic E-state index is 0.480. The second-order valence-corrected chi connectivity index (χ2v) is 5.61. The van der Waals surface area contributed by atoms with E-state index >= 15 is 0 Å². The number of hydrogen-bond donors (Lipinski definition) is 1. The molecule has 0 spiro atoms. The summed E-state index contributed by atoms with van der Waals surface area (Å²) in [5.74, 6) is 0.838. The zero-order chi connectivity index (χ0) is 15.4. The van der Waals surface area contributed by atoms with Gasteiger partial charge in [-0.15, -0.1) is 0 Å². The summed E-state index contributed by atoms with van der Waals surface area (Å²) in [4.78, 5) is 4.42. The van der Waals surface area contributed by atoms with Crippen molar-refractivity contribution in [3.8, 4) is 5.75 Å². The van der Waals surface area contributed by atoms with E-state index in [-0.39, 0.29) is 0 Å². The molecule has 0 bridgehead atoms. The van der Waals surface area contributed by atoms with Crippen LogP contribution in [0.1, 0.15) is 22.4 Å². The molecular weight excluding hydrogens is 286 g/mol. The van der Waals surface area contributed by atoms with E-state index in [9.17, 15) is 5.11 Å². The molecule has 4 heteroatoms. The van der Waals surface area contributed by atoms with Crippen LogP contribution in [0.4, 0.5) is 0 Å². The lowest BCUT2D eigenvalue weighted by molar-refractivity contribution is 0.174. The van der Waals surface area contributed by atoms with Gasteiger partial charge in [0, 0.05) is 40.9 Å². The first-order valence-corrected chi connectivity index (χ1v) is 7.31. The second kappa shape index (κ2) is 6.92. The van der Waals surface area contributed by atoms with Gasteiger partial charge in [-0.05, 0) is 25.5 Å². The van der Waals surface area contributed by atoms with E-state index in [2.05, 4.69) is 4.98 Å². The highest BCUT2D eigenvalue weighted by Crippen LogP contribution is 2.25. The van der Waals surface area contributed by atoms with Gasteiger partial charge in [-0.1, -0.05) is 29.8 Å². The molecule has 112 valence electrons. The maximum Gasteiger partial charge on any atom is 0.128 e. The fraction of sp³-hybridized carbons (Fsp3) is 0.353. The molecular formula is C17H20ClNO2. The molecule has 2 rings (SSSR count). The number of ether oxygens (including phenoxy) is 1. The quantitative estimate of drug-likeness (QED) is 0.919. The molecule has 0 aliphatic carbocycles. The first-order valence-electron chi connectivity index (χ1n) is 6.93. The van der Waals surface area contributed by atoms with Crippen molar-refractivity contribution >= 4 is 11.6 Å². The van der Waals surface area contributed by atoms with Crippen molar-refractivity contribution in [1.82, 2.24) is 4.98 Å². The van der Waals surface area contributed by atoms with Crippen LogP contribution in [0.2, 0.25) is 5.02 Å². The minimum atomic E-state index is -0.525. The molecule has 0 aliphatic rings. The van der Waals surface area contributed by atoms with Gasteiger partial charge in [0.1, 0.15) is 5.75 Å². The zero-order valence-electron chi connectivity index (χ0n) is 12.6. The smallest absolute Gasteiger partial charge is 0.128 e. The maximum absolute atomic E-state index is 10.3. The third kappa shape index (κ3) is 3.74. The van der Waals surface area contributed by atoms with Crippen molar-refractivity contribution in [2.45, 2.75) is 32.8 Å². The third-order valence-corrected chi connectivity index (χ3v) is 3.96. The highest BCUT2D eigenvalue weighted by molar-refractivity contribution is 6.31. The van der Waals surface area contributed by atoms with Crippen LogP contribution in [-0.2, 0) is 12.8 Å². The molecule has 1 unspecified atom stereocenters. The normalized spacial score (nSPS) is 12.2. The number of aliphatic hydroxyl groups excluding tert-OH is 1. The van der Waals surface area contributed by atoms with Gasteiger partial charge in [0.05, 0.1) is 13.2 Å². The number of rotatable bonds is 5. The first-order chi connectivity index (χ1) is 10.0. The number of methoxy groups -OCH3 is 1. The molecule has 1 heterocycles. The number of hydrogen-bond acceptors (Lipinski definition) is 3. The Morgan fingerprint density at radius 2 is 1.95 bits per heavy atom. The summed E-state index contributed by atoms with van der Waals surface area (Å²) in [6.07, 6.45) is 2.25. The van der Waals surface area contributed by atoms with Gasteiger partial charge in [0.2, 0.25) is 0 Å². The Hall–Kier alpha value is -1.58. The van der Waals surface area contributed by atoms with Gasteiger partial charge in [-0.3, -0.25) is 4.98 Å². The number of benzene rings is 1. The molecule has 0 radical (unpaired) electrons. The first kappa shape index (κ1) is 15.8. The van der Waals surface area contributed by atoms with Crippen molar-refractivity contribution in [1.29, 1.82) is 0 Å². The van der Waals surface area contributed by atoms with E-state index in [0.717, 1.165) is 28.1 Å². The van der Waals surface area contributed by atoms with Crippen LogP contribution < -0.4 is 4.74 Å². The van der Waals surface area contributed by atoms with E-state index in [1.165, 1.54) is 0 Å². The van der Waals surface area contributed by atoms with Crippen LogP contribution in [-0.4, -0.2) is 23.3 Å². The van der Waals surface area contributed by atoms with Crippen molar-refractivity contribution in [2.75, 3.05) is 7.11 Å². The zero-order valence-corrected chi connectivity index (χ0v) is 13.3. The fourth-order valence-electron chi connectivity index (χ4n) is 2.49. The van der Waals surface area contributed by atoms with E-state index in [1.807, 2.05) is 38.1 Å². The van der Waals surface area contributed by atoms with E-state index in [4.69, 9.17) is 16.3 Å². The number of aryl methyl sites for hydroxylation is 1. The molecule has 21 heavy (non-hydrogen) atoms. The van der Waals surface area contributed by atoms with Crippen molar-refractivity contribution in [3.63, 3.8) is 0 Å². The average molecular weight is 306 g/mol. The van der Waals surface area contributed by atoms with Crippen LogP contribution in [0, 0.1) is 13.8 Å². The van der Waals surface area contributed by atoms with Gasteiger partial charge < -0.3 is 9.84 Å². The Bertz CT molecular complexity index is 628. The maximum atomic E-state index is 10.3. The number of halogens is 1. The lowest BCUT2D eigenvalue weighted by Gasteiger charge is -2.15. The van der Waals surface area contributed by atoms with Crippen molar-refractivity contribution < 1.29 is 9.84 Å². The largest absolute Gasteiger partial charge is 0.496 e. The number of nitrogens with zero attached hydrogens (tertiary/aromatic N) is 1. The standard InChI is InChI=1S/C17H20ClNO2/c1-11-10-19-16(12(2)17(11)21-3)9-14(20)8-13-6-4-5-7-15(13)18/h4-7,10,14,20H,8-9H2,1-3H3. The summed E-state index contributed by atoms with van der Waals surface area (Å²) in [5, 5.41) is 11.0. The highest BCUT2D eigenvalue weighted by atomic mass is 35.5. The van der Waals surface area contributed by atoms with Gasteiger partial charge in [0.25, 0.3) is 0 Å². The summed E-state index contributed by atoms with van der Waals surface area (Å²) in [5.41, 5.74) is 3.79. The van der Waals surface area contributed by atoms with E-state index in [1.54, 1.807) is 13.3 Å². The lowest BCUT2D eigenvalue weighted by Crippen LogP contribution is -2.16. The Kier molecular flexibility index (Phi) is 5.21. The Labute approximate surface area is 130 Å². The van der Waals surface area contributed by atoms with Crippen LogP contribution in [0.3, 0.4) is 0 Å². The molecule has 1 atom stereocenters. The van der Waals surface area contributed by atoms with Crippen LogP contribution in [0.5, 0.6) is 5.75 Å². The summed E-state index contributed by atoms with van der Waals surface area (Å²) in [6, 6.07) is 7.57. The summed E-state index contributed by atoms with van der Waals surface area (Å²) in [7, 11) is 1.65. The third-order valence-electron chi connectivity index (χ3n) is 3.59. The molecule has 0 saturated heterocycles. The SMILES string of the molecule is COc1c(C)cnc(CC(O)Cc2ccccc2Cl)c1C. The Balaban J connectivity index is 2.13. The van der Waals surface area contributed by atoms with Gasteiger partial charge in [0.15, 0.2) is 0 Å². The van der Waals surface area contributed by atoms with E-state index in [0.29, 0.717) is 17.9 Å². The van der Waals surface area contributed by atoms with Crippen LogP contribution >= 0.6 is 11.6 Å². The predicted octanol–water partition coefficient (Wildman–Crippen LogP) is 3.51. The Morgan fingerprint density at radius 3 is 2.62 bits per heavy atom. The van der Waals surface area contributed by atoms with Crippen molar-refractivity contribution in [2.24, 2.45) is 0 Å². The monoisotopic (exact) mass is 305 g/mol. The molecule has 0 aliphatic heterocycles. The molecule has 1 aromatic carbocycles. The molecule has 0 saturated carbocycles. The molecule has 1 aromatic heterocycles. The topological polar surface area (TPSA) is 42.4 Å². The fourth-order valence-corrected chi connectivity index (χ4v) is 2.70. The summed E-state index contributed by atoms with van der Waals surface area (Å²) >= 11 is 6.12. The van der Waals surface area contributed by atoms with Crippen molar-refractivity contribution in [3.05, 3.63) is 57.9 Å². The summed E-state index contributed by atoms with van der Waals surface area (Å²) in [6.45, 7) is 3.93. The number of pyridine rings is 1. The number of aromatic nitrogens is 1. The van der Waals surface area contributed by atoms with E-state index < -0.39 is 6.10 Å². The lowest BCUT2D eigenvalue weighted by atomic mass is 10.0. The van der Waals surface area contributed by atoms with Crippen LogP contribution in [0.25, 0.3) is 0 Å². The molecule has 1 N–H and O–H groups in total. The molecule has 0 amide bonds. The van der Waals surface area contributed by atoms with Gasteiger partial charge in [-0.2, -0.15) is 0 Å². The summed E-state index contributed by atoms with van der Waals surface area (Å²) < 4.78 is 5.39. The Morgan fingerprint density at radius 1 is 1.24 bits per heavy atom. The number of aliphatic hydroxyl groups is 1. The molecule has 2 aromatic rings. The predicted molar refractivity (Wildman–Crippen MR) is 85.1 cm³/mol. The second-order valence-electron chi connectivity index (χ2n) is 5.20. The van der Waals surface area contributed by atoms with Gasteiger partial charge >= 0.3 is 0 Å².